The summed E-state index contributed by atoms with van der Waals surface area (Å²) in [4.78, 5) is 24.9. The van der Waals surface area contributed by atoms with Crippen LogP contribution in [0.15, 0.2) is 47.4 Å². The molecule has 0 aliphatic heterocycles. The van der Waals surface area contributed by atoms with Gasteiger partial charge in [0.1, 0.15) is 0 Å². The number of amides is 2. The molecule has 1 aliphatic carbocycles. The number of hydrogen-bond acceptors (Lipinski definition) is 3. The van der Waals surface area contributed by atoms with Gasteiger partial charge in [0, 0.05) is 15.5 Å². The van der Waals surface area contributed by atoms with Gasteiger partial charge < -0.3 is 0 Å². The van der Waals surface area contributed by atoms with E-state index in [0.717, 1.165) is 17.7 Å². The summed E-state index contributed by atoms with van der Waals surface area (Å²) >= 11 is 7.30. The zero-order valence-electron chi connectivity index (χ0n) is 13.0. The lowest BCUT2D eigenvalue weighted by Crippen LogP contribution is -2.42. The van der Waals surface area contributed by atoms with Crippen LogP contribution < -0.4 is 10.9 Å². The number of halogens is 1. The van der Waals surface area contributed by atoms with E-state index in [2.05, 4.69) is 23.0 Å². The van der Waals surface area contributed by atoms with E-state index in [1.54, 1.807) is 24.3 Å². The zero-order valence-corrected chi connectivity index (χ0v) is 14.5. The van der Waals surface area contributed by atoms with Crippen molar-refractivity contribution in [3.8, 4) is 0 Å². The van der Waals surface area contributed by atoms with E-state index in [1.165, 1.54) is 29.3 Å². The molecule has 0 saturated carbocycles. The van der Waals surface area contributed by atoms with E-state index in [-0.39, 0.29) is 11.7 Å². The Kier molecular flexibility index (Phi) is 5.43. The lowest BCUT2D eigenvalue weighted by atomic mass is 10.1. The summed E-state index contributed by atoms with van der Waals surface area (Å²) in [6, 6.07) is 12.9. The number of carbonyl (C=O) groups is 2. The first kappa shape index (κ1) is 16.9. The van der Waals surface area contributed by atoms with E-state index in [9.17, 15) is 9.59 Å². The molecule has 0 fully saturated rings. The Morgan fingerprint density at radius 3 is 2.71 bits per heavy atom. The molecule has 2 aromatic rings. The molecule has 2 amide bonds. The van der Waals surface area contributed by atoms with Crippen LogP contribution in [0.3, 0.4) is 0 Å². The highest BCUT2D eigenvalue weighted by molar-refractivity contribution is 8.00. The summed E-state index contributed by atoms with van der Waals surface area (Å²) in [6.45, 7) is 0. The topological polar surface area (TPSA) is 58.2 Å². The van der Waals surface area contributed by atoms with Crippen LogP contribution in [0.2, 0.25) is 5.02 Å². The molecule has 24 heavy (non-hydrogen) atoms. The fraction of sp³-hybridized carbons (Fsp3) is 0.222. The number of rotatable bonds is 4. The molecule has 0 spiro atoms. The lowest BCUT2D eigenvalue weighted by molar-refractivity contribution is -0.119. The van der Waals surface area contributed by atoms with Crippen LogP contribution >= 0.6 is 23.4 Å². The molecular formula is C18H17ClN2O2S. The Bertz CT molecular complexity index is 779. The number of benzene rings is 2. The fourth-order valence-electron chi connectivity index (χ4n) is 2.65. The normalized spacial score (nSPS) is 12.5. The Morgan fingerprint density at radius 1 is 1.04 bits per heavy atom. The molecule has 0 aromatic heterocycles. The van der Waals surface area contributed by atoms with Crippen molar-refractivity contribution in [3.63, 3.8) is 0 Å². The summed E-state index contributed by atoms with van der Waals surface area (Å²) < 4.78 is 0. The smallest absolute Gasteiger partial charge is 0.269 e. The maximum Gasteiger partial charge on any atom is 0.269 e. The summed E-state index contributed by atoms with van der Waals surface area (Å²) in [5.41, 5.74) is 8.01. The van der Waals surface area contributed by atoms with E-state index in [0.29, 0.717) is 10.6 Å². The summed E-state index contributed by atoms with van der Waals surface area (Å²) in [5.74, 6) is -0.404. The van der Waals surface area contributed by atoms with Crippen molar-refractivity contribution in [2.45, 2.75) is 24.2 Å². The number of hydrogen-bond donors (Lipinski definition) is 2. The second-order valence-electron chi connectivity index (χ2n) is 5.59. The van der Waals surface area contributed by atoms with Crippen LogP contribution in [0.5, 0.6) is 0 Å². The molecule has 6 heteroatoms. The standard InChI is InChI=1S/C18H17ClN2O2S/c19-15-6-2-5-14(9-15)18(23)21-20-17(22)11-24-16-8-7-12-3-1-4-13(12)10-16/h2,5-10H,1,3-4,11H2,(H,20,22)(H,21,23). The summed E-state index contributed by atoms with van der Waals surface area (Å²) in [6.07, 6.45) is 3.47. The molecular weight excluding hydrogens is 344 g/mol. The van der Waals surface area contributed by atoms with Crippen LogP contribution in [-0.2, 0) is 17.6 Å². The molecule has 0 radical (unpaired) electrons. The average molecular weight is 361 g/mol. The summed E-state index contributed by atoms with van der Waals surface area (Å²) in [7, 11) is 0. The number of carbonyl (C=O) groups excluding carboxylic acids is 2. The van der Waals surface area contributed by atoms with Gasteiger partial charge in [-0.1, -0.05) is 23.7 Å². The van der Waals surface area contributed by atoms with Gasteiger partial charge in [0.25, 0.3) is 5.91 Å². The van der Waals surface area contributed by atoms with Crippen molar-refractivity contribution in [1.82, 2.24) is 10.9 Å². The van der Waals surface area contributed by atoms with Crippen LogP contribution in [0, 0.1) is 0 Å². The first-order valence-corrected chi connectivity index (χ1v) is 9.07. The van der Waals surface area contributed by atoms with Crippen molar-refractivity contribution >= 4 is 35.2 Å². The van der Waals surface area contributed by atoms with Crippen molar-refractivity contribution in [1.29, 1.82) is 0 Å². The molecule has 1 aliphatic rings. The highest BCUT2D eigenvalue weighted by Crippen LogP contribution is 2.27. The highest BCUT2D eigenvalue weighted by atomic mass is 35.5. The maximum absolute atomic E-state index is 11.9. The minimum atomic E-state index is -0.395. The molecule has 0 bridgehead atoms. The van der Waals surface area contributed by atoms with Crippen molar-refractivity contribution < 1.29 is 9.59 Å². The molecule has 2 N–H and O–H groups in total. The molecule has 0 saturated heterocycles. The number of nitrogens with one attached hydrogen (secondary N) is 2. The molecule has 0 unspecified atom stereocenters. The minimum absolute atomic E-state index is 0.245. The molecule has 4 nitrogen and oxygen atoms in total. The van der Waals surface area contributed by atoms with Gasteiger partial charge >= 0.3 is 0 Å². The Hall–Kier alpha value is -1.98. The maximum atomic E-state index is 11.9. The SMILES string of the molecule is O=C(CSc1ccc2c(c1)CCC2)NNC(=O)c1cccc(Cl)c1. The first-order chi connectivity index (χ1) is 11.6. The van der Waals surface area contributed by atoms with Crippen LogP contribution in [0.4, 0.5) is 0 Å². The van der Waals surface area contributed by atoms with Gasteiger partial charge in [-0.25, -0.2) is 0 Å². The van der Waals surface area contributed by atoms with Gasteiger partial charge in [0.2, 0.25) is 5.91 Å². The third kappa shape index (κ3) is 4.30. The predicted molar refractivity (Wildman–Crippen MR) is 96.3 cm³/mol. The van der Waals surface area contributed by atoms with Gasteiger partial charge in [-0.05, 0) is 60.7 Å². The molecule has 3 rings (SSSR count). The highest BCUT2D eigenvalue weighted by Gasteiger charge is 2.12. The van der Waals surface area contributed by atoms with Crippen LogP contribution in [-0.4, -0.2) is 17.6 Å². The summed E-state index contributed by atoms with van der Waals surface area (Å²) in [5, 5.41) is 0.473. The van der Waals surface area contributed by atoms with Crippen molar-refractivity contribution in [3.05, 3.63) is 64.2 Å². The molecule has 0 atom stereocenters. The fourth-order valence-corrected chi connectivity index (χ4v) is 3.60. The minimum Gasteiger partial charge on any atom is -0.272 e. The van der Waals surface area contributed by atoms with E-state index < -0.39 is 5.91 Å². The van der Waals surface area contributed by atoms with E-state index in [1.807, 2.05) is 6.07 Å². The lowest BCUT2D eigenvalue weighted by Gasteiger charge is -2.08. The predicted octanol–water partition coefficient (Wildman–Crippen LogP) is 3.38. The van der Waals surface area contributed by atoms with E-state index in [4.69, 9.17) is 11.6 Å². The molecule has 124 valence electrons. The number of hydrazine groups is 1. The molecule has 2 aromatic carbocycles. The van der Waals surface area contributed by atoms with Crippen molar-refractivity contribution in [2.24, 2.45) is 0 Å². The van der Waals surface area contributed by atoms with Crippen LogP contribution in [0.1, 0.15) is 27.9 Å². The quantitative estimate of drug-likeness (QED) is 0.649. The number of fused-ring (bicyclic) bond motifs is 1. The zero-order chi connectivity index (χ0) is 16.9. The molecule has 0 heterocycles. The second-order valence-corrected chi connectivity index (χ2v) is 7.07. The van der Waals surface area contributed by atoms with E-state index >= 15 is 0 Å². The van der Waals surface area contributed by atoms with Gasteiger partial charge in [0.05, 0.1) is 5.75 Å². The Labute approximate surface area is 149 Å². The van der Waals surface area contributed by atoms with Gasteiger partial charge in [-0.3, -0.25) is 20.4 Å². The average Bonchev–Trinajstić information content (AvgIpc) is 3.05. The van der Waals surface area contributed by atoms with Crippen molar-refractivity contribution in [2.75, 3.05) is 5.75 Å². The largest absolute Gasteiger partial charge is 0.272 e. The van der Waals surface area contributed by atoms with Gasteiger partial charge in [-0.2, -0.15) is 0 Å². The number of thioether (sulfide) groups is 1. The Balaban J connectivity index is 1.47. The first-order valence-electron chi connectivity index (χ1n) is 7.71. The third-order valence-electron chi connectivity index (χ3n) is 3.84. The van der Waals surface area contributed by atoms with Crippen LogP contribution in [0.25, 0.3) is 0 Å². The van der Waals surface area contributed by atoms with Gasteiger partial charge in [-0.15, -0.1) is 11.8 Å². The monoisotopic (exact) mass is 360 g/mol. The second kappa shape index (κ2) is 7.73. The van der Waals surface area contributed by atoms with Gasteiger partial charge in [0.15, 0.2) is 0 Å². The third-order valence-corrected chi connectivity index (χ3v) is 5.07. The number of aryl methyl sites for hydroxylation is 2. The Morgan fingerprint density at radius 2 is 1.88 bits per heavy atom.